The Kier molecular flexibility index (Phi) is 7.32. The summed E-state index contributed by atoms with van der Waals surface area (Å²) in [5.41, 5.74) is 1.57. The van der Waals surface area contributed by atoms with E-state index in [0.717, 1.165) is 70.0 Å². The fourth-order valence-electron chi connectivity index (χ4n) is 14.1. The lowest BCUT2D eigenvalue weighted by atomic mass is 9.50. The normalized spacial score (nSPS) is 54.3. The molecule has 8 aliphatic rings. The maximum absolute atomic E-state index is 2.63. The van der Waals surface area contributed by atoms with Crippen molar-refractivity contribution in [3.05, 3.63) is 0 Å². The molecule has 0 aliphatic heterocycles. The van der Waals surface area contributed by atoms with Gasteiger partial charge in [-0.15, -0.1) is 0 Å². The fourth-order valence-corrected chi connectivity index (χ4v) is 14.1. The number of rotatable bonds is 1. The molecule has 8 saturated carbocycles. The number of hydrogen-bond acceptors (Lipinski definition) is 0. The van der Waals surface area contributed by atoms with Crippen LogP contribution in [0.25, 0.3) is 0 Å². The minimum absolute atomic E-state index is 0.767. The van der Waals surface area contributed by atoms with Gasteiger partial charge in [-0.3, -0.25) is 0 Å². The topological polar surface area (TPSA) is 0 Å². The molecule has 0 spiro atoms. The lowest BCUT2D eigenvalue weighted by Crippen LogP contribution is -2.47. The first-order valence-electron chi connectivity index (χ1n) is 18.1. The van der Waals surface area contributed by atoms with Crippen LogP contribution >= 0.6 is 0 Å². The third kappa shape index (κ3) is 4.42. The first-order valence-corrected chi connectivity index (χ1v) is 18.1. The molecule has 37 heavy (non-hydrogen) atoms. The van der Waals surface area contributed by atoms with Crippen LogP contribution in [-0.4, -0.2) is 0 Å². The summed E-state index contributed by atoms with van der Waals surface area (Å²) in [5.74, 6) is 11.5. The van der Waals surface area contributed by atoms with Gasteiger partial charge in [-0.25, -0.2) is 0 Å². The Bertz CT molecular complexity index is 783. The zero-order chi connectivity index (χ0) is 25.0. The van der Waals surface area contributed by atoms with E-state index in [2.05, 4.69) is 13.8 Å². The quantitative estimate of drug-likeness (QED) is 0.332. The van der Waals surface area contributed by atoms with Crippen LogP contribution in [0, 0.1) is 70.0 Å². The minimum atomic E-state index is 0.767. The molecular weight excluding hydrogens is 444 g/mol. The van der Waals surface area contributed by atoms with Crippen molar-refractivity contribution in [2.24, 2.45) is 70.0 Å². The third-order valence-electron chi connectivity index (χ3n) is 15.8. The molecule has 0 nitrogen and oxygen atoms in total. The smallest absolute Gasteiger partial charge is 0.0269 e. The van der Waals surface area contributed by atoms with Gasteiger partial charge in [0, 0.05) is 0 Å². The van der Waals surface area contributed by atoms with Crippen molar-refractivity contribution in [1.29, 1.82) is 0 Å². The predicted octanol–water partition coefficient (Wildman–Crippen LogP) is 11.2. The summed E-state index contributed by atoms with van der Waals surface area (Å²) < 4.78 is 0. The molecule has 0 aromatic carbocycles. The molecule has 0 amide bonds. The van der Waals surface area contributed by atoms with Crippen LogP contribution in [0.3, 0.4) is 0 Å². The van der Waals surface area contributed by atoms with Gasteiger partial charge in [0.05, 0.1) is 0 Å². The molecule has 0 bridgehead atoms. The van der Waals surface area contributed by atoms with Crippen molar-refractivity contribution in [3.63, 3.8) is 0 Å². The van der Waals surface area contributed by atoms with Gasteiger partial charge in [0.25, 0.3) is 0 Å². The lowest BCUT2D eigenvalue weighted by molar-refractivity contribution is -0.0573. The average Bonchev–Trinajstić information content (AvgIpc) is 3.57. The predicted molar refractivity (Wildman–Crippen MR) is 157 cm³/mol. The van der Waals surface area contributed by atoms with E-state index in [1.165, 1.54) is 6.42 Å². The molecule has 0 saturated heterocycles. The highest BCUT2D eigenvalue weighted by Crippen LogP contribution is 2.64. The van der Waals surface area contributed by atoms with Crippen LogP contribution in [0.15, 0.2) is 0 Å². The fraction of sp³-hybridized carbons (Fsp3) is 1.00. The molecule has 210 valence electrons. The van der Waals surface area contributed by atoms with Crippen LogP contribution in [0.4, 0.5) is 0 Å². The van der Waals surface area contributed by atoms with Crippen molar-refractivity contribution in [1.82, 2.24) is 0 Å². The van der Waals surface area contributed by atoms with Crippen molar-refractivity contribution in [2.45, 2.75) is 162 Å². The summed E-state index contributed by atoms with van der Waals surface area (Å²) in [5, 5.41) is 0. The Morgan fingerprint density at radius 2 is 1.00 bits per heavy atom. The number of fused-ring (bicyclic) bond motifs is 10. The summed E-state index contributed by atoms with van der Waals surface area (Å²) in [6.07, 6.45) is 36.2. The van der Waals surface area contributed by atoms with Crippen LogP contribution in [-0.2, 0) is 0 Å². The average molecular weight is 507 g/mol. The van der Waals surface area contributed by atoms with Gasteiger partial charge in [-0.2, -0.15) is 0 Å². The Morgan fingerprint density at radius 3 is 1.68 bits per heavy atom. The Balaban J connectivity index is 0.000000125. The second-order valence-corrected chi connectivity index (χ2v) is 16.7. The van der Waals surface area contributed by atoms with E-state index in [1.807, 2.05) is 0 Å². The summed E-state index contributed by atoms with van der Waals surface area (Å²) in [4.78, 5) is 0. The van der Waals surface area contributed by atoms with E-state index in [0.29, 0.717) is 0 Å². The van der Waals surface area contributed by atoms with Crippen LogP contribution in [0.1, 0.15) is 162 Å². The summed E-state index contributed by atoms with van der Waals surface area (Å²) in [6.45, 7) is 5.12. The highest BCUT2D eigenvalue weighted by atomic mass is 14.6. The molecule has 12 atom stereocenters. The van der Waals surface area contributed by atoms with E-state index >= 15 is 0 Å². The summed E-state index contributed by atoms with van der Waals surface area (Å²) in [6, 6.07) is 0. The number of hydrogen-bond donors (Lipinski definition) is 0. The van der Waals surface area contributed by atoms with Gasteiger partial charge in [-0.1, -0.05) is 71.6 Å². The molecule has 0 heteroatoms. The van der Waals surface area contributed by atoms with Crippen molar-refractivity contribution < 1.29 is 0 Å². The Morgan fingerprint density at radius 1 is 0.432 bits per heavy atom. The van der Waals surface area contributed by atoms with Crippen molar-refractivity contribution in [2.75, 3.05) is 0 Å². The minimum Gasteiger partial charge on any atom is -0.0648 e. The SMILES string of the molecule is CC[C@@]12CCC[C@H]1[C@@H]1CCC3CCCC[C@@H]3[C@H]1CC2.C[C@@]12CCC[C@H]1[C@@H]1CCC3CCCC[C@@H]3[C@H]1CC2. The maximum atomic E-state index is 2.63. The van der Waals surface area contributed by atoms with Crippen LogP contribution in [0.2, 0.25) is 0 Å². The van der Waals surface area contributed by atoms with Gasteiger partial charge in [0.1, 0.15) is 0 Å². The second kappa shape index (κ2) is 10.4. The summed E-state index contributed by atoms with van der Waals surface area (Å²) >= 11 is 0. The van der Waals surface area contributed by atoms with Crippen LogP contribution in [0.5, 0.6) is 0 Å². The maximum Gasteiger partial charge on any atom is -0.0269 e. The van der Waals surface area contributed by atoms with Gasteiger partial charge in [0.2, 0.25) is 0 Å². The first-order chi connectivity index (χ1) is 18.1. The van der Waals surface area contributed by atoms with Crippen molar-refractivity contribution >= 4 is 0 Å². The van der Waals surface area contributed by atoms with E-state index < -0.39 is 0 Å². The molecule has 0 N–H and O–H groups in total. The molecular formula is C37H62. The van der Waals surface area contributed by atoms with Gasteiger partial charge >= 0.3 is 0 Å². The largest absolute Gasteiger partial charge is 0.0648 e. The van der Waals surface area contributed by atoms with E-state index in [9.17, 15) is 0 Å². The molecule has 0 aromatic rings. The van der Waals surface area contributed by atoms with Gasteiger partial charge in [0.15, 0.2) is 0 Å². The van der Waals surface area contributed by atoms with E-state index in [4.69, 9.17) is 0 Å². The molecule has 0 aromatic heterocycles. The standard InChI is InChI=1S/C19H32.C18H30/c1-2-19-12-5-8-18(19)17-10-9-14-6-3-4-7-15(14)16(17)11-13-19;1-18-11-4-7-17(18)16-9-8-13-5-2-3-6-14(13)15(16)10-12-18/h14-18H,2-13H2,1H3;13-17H,2-12H2,1H3/t14?,15-,16+,17+,18-,19-;13?,14-,15+,16+,17-,18-/m00/s1. The third-order valence-corrected chi connectivity index (χ3v) is 15.8. The first kappa shape index (κ1) is 25.9. The second-order valence-electron chi connectivity index (χ2n) is 16.7. The van der Waals surface area contributed by atoms with E-state index in [-0.39, 0.29) is 0 Å². The lowest BCUT2D eigenvalue weighted by Gasteiger charge is -2.55. The monoisotopic (exact) mass is 506 g/mol. The molecule has 0 radical (unpaired) electrons. The summed E-state index contributed by atoms with van der Waals surface area (Å²) in [7, 11) is 0. The molecule has 0 heterocycles. The molecule has 8 rings (SSSR count). The molecule has 8 fully saturated rings. The highest BCUT2D eigenvalue weighted by molar-refractivity contribution is 5.04. The van der Waals surface area contributed by atoms with E-state index in [1.54, 1.807) is 141 Å². The van der Waals surface area contributed by atoms with Crippen LogP contribution < -0.4 is 0 Å². The molecule has 2 unspecified atom stereocenters. The zero-order valence-corrected chi connectivity index (χ0v) is 25.0. The van der Waals surface area contributed by atoms with Gasteiger partial charge < -0.3 is 0 Å². The van der Waals surface area contributed by atoms with Gasteiger partial charge in [-0.05, 0) is 160 Å². The zero-order valence-electron chi connectivity index (χ0n) is 25.0. The highest BCUT2D eigenvalue weighted by Gasteiger charge is 2.55. The Labute approximate surface area is 231 Å². The molecule has 8 aliphatic carbocycles. The van der Waals surface area contributed by atoms with Crippen molar-refractivity contribution in [3.8, 4) is 0 Å². The Hall–Kier alpha value is 0.